The van der Waals surface area contributed by atoms with Gasteiger partial charge < -0.3 is 10.6 Å². The average molecular weight is 257 g/mol. The highest BCUT2D eigenvalue weighted by atomic mass is 16.2. The average Bonchev–Trinajstić information content (AvgIpc) is 2.45. The highest BCUT2D eigenvalue weighted by Gasteiger charge is 1.97. The lowest BCUT2D eigenvalue weighted by Crippen LogP contribution is -2.35. The third-order valence-electron chi connectivity index (χ3n) is 2.16. The van der Waals surface area contributed by atoms with Crippen LogP contribution in [-0.2, 0) is 9.59 Å². The molecule has 0 atom stereocenters. The third kappa shape index (κ3) is 5.45. The van der Waals surface area contributed by atoms with Crippen molar-refractivity contribution in [1.29, 1.82) is 0 Å². The van der Waals surface area contributed by atoms with Crippen LogP contribution in [0.3, 0.4) is 0 Å². The highest BCUT2D eigenvalue weighted by molar-refractivity contribution is 5.92. The molecule has 0 saturated carbocycles. The number of pyridine rings is 1. The molecule has 1 heterocycles. The summed E-state index contributed by atoms with van der Waals surface area (Å²) in [6.07, 6.45) is 7.39. The van der Waals surface area contributed by atoms with Crippen LogP contribution in [0.1, 0.15) is 11.3 Å². The van der Waals surface area contributed by atoms with Gasteiger partial charge in [0.05, 0.1) is 12.4 Å². The van der Waals surface area contributed by atoms with Crippen molar-refractivity contribution in [1.82, 2.24) is 15.6 Å². The molecule has 0 unspecified atom stereocenters. The van der Waals surface area contributed by atoms with Gasteiger partial charge in [0.1, 0.15) is 0 Å². The van der Waals surface area contributed by atoms with Crippen molar-refractivity contribution in [3.05, 3.63) is 54.9 Å². The zero-order valence-corrected chi connectivity index (χ0v) is 10.4. The molecule has 0 aromatic carbocycles. The molecule has 1 rings (SSSR count). The highest BCUT2D eigenvalue weighted by Crippen LogP contribution is 2.04. The first-order valence-corrected chi connectivity index (χ1v) is 5.60. The van der Waals surface area contributed by atoms with Gasteiger partial charge in [-0.2, -0.15) is 0 Å². The number of hydrogen-bond donors (Lipinski definition) is 2. The van der Waals surface area contributed by atoms with Crippen molar-refractivity contribution >= 4 is 24.0 Å². The van der Waals surface area contributed by atoms with Gasteiger partial charge in [-0.1, -0.05) is 19.2 Å². The van der Waals surface area contributed by atoms with E-state index in [4.69, 9.17) is 0 Å². The summed E-state index contributed by atoms with van der Waals surface area (Å²) < 4.78 is 0. The van der Waals surface area contributed by atoms with Gasteiger partial charge >= 0.3 is 0 Å². The Labute approximate surface area is 111 Å². The fraction of sp³-hybridized carbons (Fsp3) is 0.0714. The molecule has 0 aliphatic heterocycles. The maximum atomic E-state index is 11.4. The zero-order chi connectivity index (χ0) is 14.1. The van der Waals surface area contributed by atoms with Gasteiger partial charge in [-0.25, -0.2) is 0 Å². The Bertz CT molecular complexity index is 521. The quantitative estimate of drug-likeness (QED) is 0.592. The summed E-state index contributed by atoms with van der Waals surface area (Å²) in [4.78, 5) is 26.3. The molecule has 0 radical (unpaired) electrons. The Morgan fingerprint density at radius 1 is 1.26 bits per heavy atom. The largest absolute Gasteiger partial charge is 0.335 e. The summed E-state index contributed by atoms with van der Waals surface area (Å²) >= 11 is 0. The lowest BCUT2D eigenvalue weighted by Gasteiger charge is -2.02. The summed E-state index contributed by atoms with van der Waals surface area (Å²) in [7, 11) is 0. The van der Waals surface area contributed by atoms with Crippen LogP contribution in [0.15, 0.2) is 43.6 Å². The molecule has 2 amide bonds. The minimum Gasteiger partial charge on any atom is -0.335 e. The summed E-state index contributed by atoms with van der Waals surface area (Å²) in [5.74, 6) is -0.667. The van der Waals surface area contributed by atoms with Crippen LogP contribution in [0.2, 0.25) is 0 Å². The summed E-state index contributed by atoms with van der Waals surface area (Å²) in [6.45, 7) is 7.00. The molecular weight excluding hydrogens is 242 g/mol. The molecule has 0 fully saturated rings. The van der Waals surface area contributed by atoms with E-state index in [0.29, 0.717) is 5.69 Å². The maximum Gasteiger partial charge on any atom is 0.245 e. The molecular formula is C14H15N3O2. The fourth-order valence-electron chi connectivity index (χ4n) is 1.19. The predicted molar refractivity (Wildman–Crippen MR) is 74.7 cm³/mol. The van der Waals surface area contributed by atoms with Gasteiger partial charge in [0.25, 0.3) is 0 Å². The normalized spacial score (nSPS) is 9.89. The molecule has 0 aliphatic carbocycles. The summed E-state index contributed by atoms with van der Waals surface area (Å²) in [5, 5.41) is 4.92. The first kappa shape index (κ1) is 14.4. The first-order valence-electron chi connectivity index (χ1n) is 5.60. The first-order chi connectivity index (χ1) is 9.15. The topological polar surface area (TPSA) is 71.1 Å². The lowest BCUT2D eigenvalue weighted by molar-refractivity contribution is -0.118. The molecule has 5 heteroatoms. The van der Waals surface area contributed by atoms with Gasteiger partial charge in [0, 0.05) is 12.3 Å². The van der Waals surface area contributed by atoms with Crippen molar-refractivity contribution in [2.45, 2.75) is 0 Å². The molecule has 0 bridgehead atoms. The molecule has 1 aromatic rings. The minimum absolute atomic E-state index is 0.0498. The monoisotopic (exact) mass is 257 g/mol. The van der Waals surface area contributed by atoms with E-state index >= 15 is 0 Å². The molecule has 19 heavy (non-hydrogen) atoms. The Morgan fingerprint density at radius 3 is 2.68 bits per heavy atom. The molecule has 0 saturated heterocycles. The Kier molecular flexibility index (Phi) is 5.75. The van der Waals surface area contributed by atoms with E-state index in [-0.39, 0.29) is 18.5 Å². The second-order valence-electron chi connectivity index (χ2n) is 3.51. The summed E-state index contributed by atoms with van der Waals surface area (Å²) in [5.41, 5.74) is 1.58. The van der Waals surface area contributed by atoms with Crippen LogP contribution < -0.4 is 10.6 Å². The van der Waals surface area contributed by atoms with Crippen LogP contribution in [0, 0.1) is 0 Å². The molecule has 0 aliphatic rings. The van der Waals surface area contributed by atoms with Gasteiger partial charge in [0.2, 0.25) is 11.8 Å². The van der Waals surface area contributed by atoms with Crippen molar-refractivity contribution in [2.75, 3.05) is 6.67 Å². The molecule has 0 spiro atoms. The van der Waals surface area contributed by atoms with Crippen molar-refractivity contribution in [2.24, 2.45) is 0 Å². The Morgan fingerprint density at radius 2 is 2.00 bits per heavy atom. The van der Waals surface area contributed by atoms with Gasteiger partial charge in [-0.3, -0.25) is 14.6 Å². The molecule has 5 nitrogen and oxygen atoms in total. The number of hydrogen-bond acceptors (Lipinski definition) is 3. The fourth-order valence-corrected chi connectivity index (χ4v) is 1.19. The number of nitrogens with zero attached hydrogens (tertiary/aromatic N) is 1. The SMILES string of the molecule is C=CC(=O)NCNC(=O)C=Cc1cc(C=C)ccn1. The molecule has 98 valence electrons. The van der Waals surface area contributed by atoms with E-state index in [9.17, 15) is 9.59 Å². The number of carbonyl (C=O) groups is 2. The lowest BCUT2D eigenvalue weighted by atomic mass is 10.2. The van der Waals surface area contributed by atoms with Crippen LogP contribution in [0.25, 0.3) is 12.2 Å². The van der Waals surface area contributed by atoms with Crippen molar-refractivity contribution < 1.29 is 9.59 Å². The zero-order valence-electron chi connectivity index (χ0n) is 10.4. The number of carbonyl (C=O) groups excluding carboxylic acids is 2. The van der Waals surface area contributed by atoms with E-state index in [0.717, 1.165) is 11.6 Å². The van der Waals surface area contributed by atoms with Crippen molar-refractivity contribution in [3.8, 4) is 0 Å². The van der Waals surface area contributed by atoms with Crippen LogP contribution >= 0.6 is 0 Å². The predicted octanol–water partition coefficient (Wildman–Crippen LogP) is 1.11. The summed E-state index contributed by atoms with van der Waals surface area (Å²) in [6, 6.07) is 3.62. The standard InChI is InChI=1S/C14H15N3O2/c1-3-11-7-8-15-12(9-11)5-6-14(19)17-10-16-13(18)4-2/h3-9H,1-2,10H2,(H,16,18)(H,17,19). The van der Waals surface area contributed by atoms with Gasteiger partial charge in [-0.15, -0.1) is 0 Å². The number of rotatable bonds is 6. The van der Waals surface area contributed by atoms with Crippen LogP contribution in [0.5, 0.6) is 0 Å². The van der Waals surface area contributed by atoms with Gasteiger partial charge in [0.15, 0.2) is 0 Å². The van der Waals surface area contributed by atoms with Gasteiger partial charge in [-0.05, 0) is 29.8 Å². The second kappa shape index (κ2) is 7.60. The van der Waals surface area contributed by atoms with Crippen LogP contribution in [0.4, 0.5) is 0 Å². The maximum absolute atomic E-state index is 11.4. The van der Waals surface area contributed by atoms with Crippen LogP contribution in [-0.4, -0.2) is 23.5 Å². The number of aromatic nitrogens is 1. The second-order valence-corrected chi connectivity index (χ2v) is 3.51. The minimum atomic E-state index is -0.343. The Balaban J connectivity index is 2.46. The number of nitrogens with one attached hydrogen (secondary N) is 2. The van der Waals surface area contributed by atoms with Crippen molar-refractivity contribution in [3.63, 3.8) is 0 Å². The van der Waals surface area contributed by atoms with E-state index in [1.54, 1.807) is 24.4 Å². The van der Waals surface area contributed by atoms with E-state index in [1.165, 1.54) is 6.08 Å². The third-order valence-corrected chi connectivity index (χ3v) is 2.16. The Hall–Kier alpha value is -2.69. The smallest absolute Gasteiger partial charge is 0.245 e. The number of amides is 2. The molecule has 2 N–H and O–H groups in total. The van der Waals surface area contributed by atoms with E-state index < -0.39 is 0 Å². The molecule has 1 aromatic heterocycles. The van der Waals surface area contributed by atoms with E-state index in [1.807, 2.05) is 6.07 Å². The van der Waals surface area contributed by atoms with E-state index in [2.05, 4.69) is 28.8 Å².